The Bertz CT molecular complexity index is 1120. The summed E-state index contributed by atoms with van der Waals surface area (Å²) < 4.78 is 1.05. The van der Waals surface area contributed by atoms with Crippen LogP contribution in [0.1, 0.15) is 36.5 Å². The summed E-state index contributed by atoms with van der Waals surface area (Å²) >= 11 is 17.5. The van der Waals surface area contributed by atoms with Gasteiger partial charge < -0.3 is 15.5 Å². The molecule has 0 saturated carbocycles. The summed E-state index contributed by atoms with van der Waals surface area (Å²) in [7, 11) is 0. The predicted molar refractivity (Wildman–Crippen MR) is 135 cm³/mol. The van der Waals surface area contributed by atoms with Gasteiger partial charge >= 0.3 is 0 Å². The molecule has 9 heteroatoms. The minimum Gasteiger partial charge on any atom is -0.351 e. The first-order valence-electron chi connectivity index (χ1n) is 9.71. The number of pyridine rings is 1. The lowest BCUT2D eigenvalue weighted by atomic mass is 10.0. The minimum atomic E-state index is -0.133. The smallest absolute Gasteiger partial charge is 0.226 e. The topological polar surface area (TPSA) is 57.3 Å². The standard InChI is InChI=1S/C22H20BrClN4OS2/c1-12(2)21(29)26-15-7-6-13(11-14(15)24)28-20(17-8-9-18(23)31-17)19(27-22(28)30)16-5-3-4-10-25-16/h3-12,19-20H,1-2H3,(H,26,29)(H,27,30)/t19-,20+/m0/s1. The van der Waals surface area contributed by atoms with Crippen molar-refractivity contribution in [3.8, 4) is 0 Å². The maximum Gasteiger partial charge on any atom is 0.226 e. The van der Waals surface area contributed by atoms with E-state index in [9.17, 15) is 4.79 Å². The Kier molecular flexibility index (Phi) is 6.62. The van der Waals surface area contributed by atoms with E-state index in [1.54, 1.807) is 17.5 Å². The van der Waals surface area contributed by atoms with Crippen molar-refractivity contribution in [2.75, 3.05) is 10.2 Å². The predicted octanol–water partition coefficient (Wildman–Crippen LogP) is 6.33. The molecule has 4 rings (SSSR count). The van der Waals surface area contributed by atoms with Gasteiger partial charge in [-0.15, -0.1) is 11.3 Å². The molecule has 1 aliphatic heterocycles. The first-order chi connectivity index (χ1) is 14.8. The molecule has 5 nitrogen and oxygen atoms in total. The van der Waals surface area contributed by atoms with Crippen LogP contribution in [-0.4, -0.2) is 16.0 Å². The number of carbonyl (C=O) groups is 1. The van der Waals surface area contributed by atoms with Crippen molar-refractivity contribution < 1.29 is 4.79 Å². The van der Waals surface area contributed by atoms with Gasteiger partial charge in [-0.3, -0.25) is 9.78 Å². The van der Waals surface area contributed by atoms with Gasteiger partial charge in [-0.25, -0.2) is 0 Å². The average Bonchev–Trinajstić information content (AvgIpc) is 3.32. The van der Waals surface area contributed by atoms with E-state index in [1.165, 1.54) is 0 Å². The van der Waals surface area contributed by atoms with E-state index in [0.29, 0.717) is 15.8 Å². The number of thiocarbonyl (C=S) groups is 1. The number of hydrogen-bond donors (Lipinski definition) is 2. The van der Waals surface area contributed by atoms with Crippen molar-refractivity contribution in [2.24, 2.45) is 5.92 Å². The number of anilines is 2. The molecule has 0 radical (unpaired) electrons. The van der Waals surface area contributed by atoms with Crippen LogP contribution >= 0.6 is 51.1 Å². The molecule has 2 N–H and O–H groups in total. The molecule has 0 spiro atoms. The Hall–Kier alpha value is -2.00. The maximum atomic E-state index is 12.1. The number of amides is 1. The molecule has 1 aromatic carbocycles. The second kappa shape index (κ2) is 9.24. The molecule has 1 amide bonds. The van der Waals surface area contributed by atoms with E-state index >= 15 is 0 Å². The molecule has 0 unspecified atom stereocenters. The molecule has 1 fully saturated rings. The van der Waals surface area contributed by atoms with Gasteiger partial charge in [0.15, 0.2) is 5.11 Å². The van der Waals surface area contributed by atoms with E-state index < -0.39 is 0 Å². The van der Waals surface area contributed by atoms with E-state index in [4.69, 9.17) is 23.8 Å². The number of benzene rings is 1. The zero-order chi connectivity index (χ0) is 22.1. The van der Waals surface area contributed by atoms with Crippen LogP contribution < -0.4 is 15.5 Å². The van der Waals surface area contributed by atoms with Gasteiger partial charge in [0.2, 0.25) is 5.91 Å². The zero-order valence-electron chi connectivity index (χ0n) is 16.8. The highest BCUT2D eigenvalue weighted by atomic mass is 79.9. The van der Waals surface area contributed by atoms with Gasteiger partial charge in [-0.05, 0) is 70.6 Å². The molecule has 2 aromatic heterocycles. The summed E-state index contributed by atoms with van der Waals surface area (Å²) in [5, 5.41) is 7.36. The Labute approximate surface area is 204 Å². The van der Waals surface area contributed by atoms with Crippen molar-refractivity contribution in [3.63, 3.8) is 0 Å². The molecule has 2 atom stereocenters. The van der Waals surface area contributed by atoms with Gasteiger partial charge in [-0.1, -0.05) is 31.5 Å². The number of nitrogens with zero attached hydrogens (tertiary/aromatic N) is 2. The normalized spacial score (nSPS) is 18.4. The fourth-order valence-corrected chi connectivity index (χ4v) is 5.56. The largest absolute Gasteiger partial charge is 0.351 e. The second-order valence-corrected chi connectivity index (χ2v) is 10.7. The second-order valence-electron chi connectivity index (χ2n) is 7.45. The molecular formula is C22H20BrClN4OS2. The highest BCUT2D eigenvalue weighted by Gasteiger charge is 2.41. The van der Waals surface area contributed by atoms with Crippen LogP contribution in [0.4, 0.5) is 11.4 Å². The summed E-state index contributed by atoms with van der Waals surface area (Å²) in [4.78, 5) is 19.8. The van der Waals surface area contributed by atoms with Gasteiger partial charge in [-0.2, -0.15) is 0 Å². The molecule has 31 heavy (non-hydrogen) atoms. The number of rotatable bonds is 5. The van der Waals surface area contributed by atoms with Crippen LogP contribution in [0.3, 0.4) is 0 Å². The highest BCUT2D eigenvalue weighted by molar-refractivity contribution is 9.11. The Morgan fingerprint density at radius 3 is 2.71 bits per heavy atom. The van der Waals surface area contributed by atoms with Gasteiger partial charge in [0.1, 0.15) is 0 Å². The summed E-state index contributed by atoms with van der Waals surface area (Å²) in [5.41, 5.74) is 2.34. The number of aromatic nitrogens is 1. The fraction of sp³-hybridized carbons (Fsp3) is 0.227. The van der Waals surface area contributed by atoms with Crippen LogP contribution in [0.15, 0.2) is 58.5 Å². The third-order valence-electron chi connectivity index (χ3n) is 5.00. The molecular weight excluding hydrogens is 516 g/mol. The minimum absolute atomic E-state index is 0.0791. The van der Waals surface area contributed by atoms with Crippen molar-refractivity contribution in [3.05, 3.63) is 74.1 Å². The summed E-state index contributed by atoms with van der Waals surface area (Å²) in [6, 6.07) is 15.4. The SMILES string of the molecule is CC(C)C(=O)Nc1ccc(N2C(=S)N[C@@H](c3ccccn3)[C@H]2c2ccc(Br)s2)cc1Cl. The average molecular weight is 536 g/mol. The van der Waals surface area contributed by atoms with Crippen LogP contribution in [0.25, 0.3) is 0 Å². The number of hydrogen-bond acceptors (Lipinski definition) is 4. The Morgan fingerprint density at radius 2 is 2.10 bits per heavy atom. The highest BCUT2D eigenvalue weighted by Crippen LogP contribution is 2.45. The first-order valence-corrected chi connectivity index (χ1v) is 12.1. The molecule has 1 saturated heterocycles. The first kappa shape index (κ1) is 22.2. The zero-order valence-corrected chi connectivity index (χ0v) is 20.8. The Morgan fingerprint density at radius 1 is 1.29 bits per heavy atom. The van der Waals surface area contributed by atoms with Crippen molar-refractivity contribution >= 4 is 73.5 Å². The lowest BCUT2D eigenvalue weighted by molar-refractivity contribution is -0.118. The van der Waals surface area contributed by atoms with Gasteiger partial charge in [0.05, 0.1) is 32.3 Å². The summed E-state index contributed by atoms with van der Waals surface area (Å²) in [6.45, 7) is 3.68. The number of carbonyl (C=O) groups excluding carboxylic acids is 1. The summed E-state index contributed by atoms with van der Waals surface area (Å²) in [5.74, 6) is -0.212. The molecule has 160 valence electrons. The number of halogens is 2. The van der Waals surface area contributed by atoms with Gasteiger partial charge in [0.25, 0.3) is 0 Å². The molecule has 0 aliphatic carbocycles. The maximum absolute atomic E-state index is 12.1. The van der Waals surface area contributed by atoms with E-state index in [-0.39, 0.29) is 23.9 Å². The number of nitrogens with one attached hydrogen (secondary N) is 2. The Balaban J connectivity index is 1.73. The van der Waals surface area contributed by atoms with Crippen molar-refractivity contribution in [1.29, 1.82) is 0 Å². The third-order valence-corrected chi connectivity index (χ3v) is 7.32. The van der Waals surface area contributed by atoms with Crippen LogP contribution in [0.2, 0.25) is 5.02 Å². The molecule has 3 heterocycles. The fourth-order valence-electron chi connectivity index (χ4n) is 3.44. The van der Waals surface area contributed by atoms with Gasteiger partial charge in [0, 0.05) is 22.7 Å². The lowest BCUT2D eigenvalue weighted by Crippen LogP contribution is -2.29. The third kappa shape index (κ3) is 4.62. The van der Waals surface area contributed by atoms with Crippen LogP contribution in [0, 0.1) is 5.92 Å². The van der Waals surface area contributed by atoms with Crippen LogP contribution in [-0.2, 0) is 4.79 Å². The van der Waals surface area contributed by atoms with Crippen molar-refractivity contribution in [1.82, 2.24) is 10.3 Å². The summed E-state index contributed by atoms with van der Waals surface area (Å²) in [6.07, 6.45) is 1.78. The van der Waals surface area contributed by atoms with E-state index in [1.807, 2.05) is 56.3 Å². The van der Waals surface area contributed by atoms with E-state index in [0.717, 1.165) is 20.0 Å². The van der Waals surface area contributed by atoms with E-state index in [2.05, 4.69) is 42.5 Å². The quantitative estimate of drug-likeness (QED) is 0.374. The monoisotopic (exact) mass is 534 g/mol. The lowest BCUT2D eigenvalue weighted by Gasteiger charge is -2.27. The van der Waals surface area contributed by atoms with Crippen LogP contribution in [0.5, 0.6) is 0 Å². The molecule has 3 aromatic rings. The van der Waals surface area contributed by atoms with Crippen molar-refractivity contribution in [2.45, 2.75) is 25.9 Å². The molecule has 0 bridgehead atoms. The number of thiophene rings is 1. The molecule has 1 aliphatic rings.